The standard InChI is InChI=1S/C24H25BrF3N3O2/c1-16(2)19-13-29-23(30-14-19)31(11-10-17-6-9-22(32-3)21(25)12-17)15-18-4-7-20(8-5-18)33-24(26,27)28/h4-9,12-14,16H,10-11,15H2,1-3H3. The molecule has 0 aliphatic heterocycles. The molecule has 0 saturated heterocycles. The number of alkyl halides is 3. The molecule has 9 heteroatoms. The maximum absolute atomic E-state index is 12.4. The number of ether oxygens (including phenoxy) is 2. The molecule has 0 saturated carbocycles. The van der Waals surface area contributed by atoms with Crippen LogP contribution in [0.4, 0.5) is 19.1 Å². The Morgan fingerprint density at radius 2 is 1.64 bits per heavy atom. The number of hydrogen-bond donors (Lipinski definition) is 0. The molecule has 0 amide bonds. The predicted octanol–water partition coefficient (Wildman–Crippen LogP) is 6.52. The highest BCUT2D eigenvalue weighted by molar-refractivity contribution is 9.10. The highest BCUT2D eigenvalue weighted by Crippen LogP contribution is 2.27. The van der Waals surface area contributed by atoms with Crippen LogP contribution in [0.1, 0.15) is 36.5 Å². The highest BCUT2D eigenvalue weighted by Gasteiger charge is 2.31. The molecule has 176 valence electrons. The van der Waals surface area contributed by atoms with Gasteiger partial charge in [-0.15, -0.1) is 13.2 Å². The summed E-state index contributed by atoms with van der Waals surface area (Å²) < 4.78 is 47.4. The number of methoxy groups -OCH3 is 1. The zero-order chi connectivity index (χ0) is 24.0. The summed E-state index contributed by atoms with van der Waals surface area (Å²) in [5.74, 6) is 1.37. The van der Waals surface area contributed by atoms with Crippen molar-refractivity contribution in [2.24, 2.45) is 0 Å². The van der Waals surface area contributed by atoms with Crippen molar-refractivity contribution in [2.45, 2.75) is 39.1 Å². The van der Waals surface area contributed by atoms with E-state index < -0.39 is 6.36 Å². The lowest BCUT2D eigenvalue weighted by Gasteiger charge is -2.23. The second-order valence-corrected chi connectivity index (χ2v) is 8.66. The van der Waals surface area contributed by atoms with Crippen molar-refractivity contribution in [3.63, 3.8) is 0 Å². The van der Waals surface area contributed by atoms with E-state index in [1.165, 1.54) is 12.1 Å². The van der Waals surface area contributed by atoms with Gasteiger partial charge in [0, 0.05) is 25.5 Å². The zero-order valence-corrected chi connectivity index (χ0v) is 20.2. The summed E-state index contributed by atoms with van der Waals surface area (Å²) >= 11 is 3.51. The van der Waals surface area contributed by atoms with E-state index >= 15 is 0 Å². The van der Waals surface area contributed by atoms with Crippen molar-refractivity contribution in [3.05, 3.63) is 76.0 Å². The first-order chi connectivity index (χ1) is 15.6. The zero-order valence-electron chi connectivity index (χ0n) is 18.6. The predicted molar refractivity (Wildman–Crippen MR) is 125 cm³/mol. The molecule has 33 heavy (non-hydrogen) atoms. The highest BCUT2D eigenvalue weighted by atomic mass is 79.9. The molecule has 0 radical (unpaired) electrons. The summed E-state index contributed by atoms with van der Waals surface area (Å²) in [6, 6.07) is 11.7. The summed E-state index contributed by atoms with van der Waals surface area (Å²) in [7, 11) is 1.62. The molecule has 0 aliphatic rings. The SMILES string of the molecule is COc1ccc(CCN(Cc2ccc(OC(F)(F)F)cc2)c2ncc(C(C)C)cn2)cc1Br. The van der Waals surface area contributed by atoms with Crippen molar-refractivity contribution in [1.82, 2.24) is 9.97 Å². The van der Waals surface area contributed by atoms with Gasteiger partial charge in [-0.3, -0.25) is 0 Å². The number of benzene rings is 2. The van der Waals surface area contributed by atoms with Gasteiger partial charge in [0.25, 0.3) is 0 Å². The molecule has 1 aromatic heterocycles. The van der Waals surface area contributed by atoms with Gasteiger partial charge in [0.1, 0.15) is 11.5 Å². The van der Waals surface area contributed by atoms with Crippen LogP contribution in [0.25, 0.3) is 0 Å². The summed E-state index contributed by atoms with van der Waals surface area (Å²) in [5, 5.41) is 0. The molecule has 1 heterocycles. The third kappa shape index (κ3) is 7.35. The molecule has 2 aromatic carbocycles. The lowest BCUT2D eigenvalue weighted by atomic mass is 10.1. The fourth-order valence-electron chi connectivity index (χ4n) is 3.19. The normalized spacial score (nSPS) is 11.5. The van der Waals surface area contributed by atoms with E-state index in [4.69, 9.17) is 4.74 Å². The van der Waals surface area contributed by atoms with Crippen LogP contribution in [-0.2, 0) is 13.0 Å². The number of hydrogen-bond acceptors (Lipinski definition) is 5. The van der Waals surface area contributed by atoms with Gasteiger partial charge in [-0.1, -0.05) is 32.0 Å². The minimum Gasteiger partial charge on any atom is -0.496 e. The molecule has 0 N–H and O–H groups in total. The molecule has 3 aromatic rings. The van der Waals surface area contributed by atoms with Crippen molar-refractivity contribution in [2.75, 3.05) is 18.6 Å². The average molecular weight is 524 g/mol. The molecule has 3 rings (SSSR count). The van der Waals surface area contributed by atoms with Gasteiger partial charge >= 0.3 is 6.36 Å². The summed E-state index contributed by atoms with van der Waals surface area (Å²) in [4.78, 5) is 11.1. The lowest BCUT2D eigenvalue weighted by molar-refractivity contribution is -0.274. The summed E-state index contributed by atoms with van der Waals surface area (Å²) in [5.41, 5.74) is 2.95. The van der Waals surface area contributed by atoms with E-state index in [0.717, 1.165) is 26.9 Å². The van der Waals surface area contributed by atoms with Gasteiger partial charge < -0.3 is 14.4 Å². The molecule has 0 atom stereocenters. The second-order valence-electron chi connectivity index (χ2n) is 7.80. The molecule has 0 spiro atoms. The maximum Gasteiger partial charge on any atom is 0.573 e. The van der Waals surface area contributed by atoms with Gasteiger partial charge in [-0.05, 0) is 69.2 Å². The first-order valence-corrected chi connectivity index (χ1v) is 11.2. The third-order valence-electron chi connectivity index (χ3n) is 5.02. The number of nitrogens with zero attached hydrogens (tertiary/aromatic N) is 3. The van der Waals surface area contributed by atoms with Gasteiger partial charge in [0.15, 0.2) is 0 Å². The molecule has 0 unspecified atom stereocenters. The first kappa shape index (κ1) is 24.8. The summed E-state index contributed by atoms with van der Waals surface area (Å²) in [6.07, 6.45) is -0.381. The first-order valence-electron chi connectivity index (χ1n) is 10.4. The van der Waals surface area contributed by atoms with Crippen LogP contribution in [0.2, 0.25) is 0 Å². The van der Waals surface area contributed by atoms with E-state index in [1.54, 1.807) is 19.2 Å². The Morgan fingerprint density at radius 1 is 1.00 bits per heavy atom. The number of anilines is 1. The molecule has 5 nitrogen and oxygen atoms in total. The van der Waals surface area contributed by atoms with Crippen LogP contribution in [0.15, 0.2) is 59.3 Å². The van der Waals surface area contributed by atoms with Gasteiger partial charge in [0.2, 0.25) is 5.95 Å². The third-order valence-corrected chi connectivity index (χ3v) is 5.64. The van der Waals surface area contributed by atoms with Crippen LogP contribution in [-0.4, -0.2) is 30.0 Å². The van der Waals surface area contributed by atoms with Gasteiger partial charge in [-0.25, -0.2) is 9.97 Å². The Balaban J connectivity index is 1.78. The van der Waals surface area contributed by atoms with Gasteiger partial charge in [-0.2, -0.15) is 0 Å². The Hall–Kier alpha value is -2.81. The molecular formula is C24H25BrF3N3O2. The largest absolute Gasteiger partial charge is 0.573 e. The van der Waals surface area contributed by atoms with Crippen LogP contribution in [0, 0.1) is 0 Å². The average Bonchev–Trinajstić information content (AvgIpc) is 2.77. The lowest BCUT2D eigenvalue weighted by Crippen LogP contribution is -2.27. The number of halogens is 4. The molecule has 0 fully saturated rings. The smallest absolute Gasteiger partial charge is 0.496 e. The van der Waals surface area contributed by atoms with Crippen LogP contribution in [0.5, 0.6) is 11.5 Å². The van der Waals surface area contributed by atoms with E-state index in [-0.39, 0.29) is 5.75 Å². The Kier molecular flexibility index (Phi) is 8.18. The minimum absolute atomic E-state index is 0.251. The van der Waals surface area contributed by atoms with Crippen molar-refractivity contribution < 1.29 is 22.6 Å². The van der Waals surface area contributed by atoms with Crippen LogP contribution >= 0.6 is 15.9 Å². The quantitative estimate of drug-likeness (QED) is 0.319. The van der Waals surface area contributed by atoms with Gasteiger partial charge in [0.05, 0.1) is 11.6 Å². The Labute approximate surface area is 199 Å². The molecule has 0 bridgehead atoms. The van der Waals surface area contributed by atoms with E-state index in [1.807, 2.05) is 35.5 Å². The fourth-order valence-corrected chi connectivity index (χ4v) is 3.78. The van der Waals surface area contributed by atoms with Crippen LogP contribution < -0.4 is 14.4 Å². The fraction of sp³-hybridized carbons (Fsp3) is 0.333. The van der Waals surface area contributed by atoms with Crippen molar-refractivity contribution in [1.29, 1.82) is 0 Å². The van der Waals surface area contributed by atoms with E-state index in [9.17, 15) is 13.2 Å². The minimum atomic E-state index is -4.72. The summed E-state index contributed by atoms with van der Waals surface area (Å²) in [6.45, 7) is 5.19. The van der Waals surface area contributed by atoms with E-state index in [0.29, 0.717) is 31.4 Å². The number of aromatic nitrogens is 2. The van der Waals surface area contributed by atoms with Crippen molar-refractivity contribution in [3.8, 4) is 11.5 Å². The molecule has 0 aliphatic carbocycles. The van der Waals surface area contributed by atoms with Crippen LogP contribution in [0.3, 0.4) is 0 Å². The second kappa shape index (κ2) is 10.9. The monoisotopic (exact) mass is 523 g/mol. The maximum atomic E-state index is 12.4. The van der Waals surface area contributed by atoms with E-state index in [2.05, 4.69) is 44.5 Å². The topological polar surface area (TPSA) is 47.5 Å². The Morgan fingerprint density at radius 3 is 2.18 bits per heavy atom. The number of rotatable bonds is 9. The molecular weight excluding hydrogens is 499 g/mol. The van der Waals surface area contributed by atoms with Crippen molar-refractivity contribution >= 4 is 21.9 Å². The Bertz CT molecular complexity index is 1040.